The minimum absolute atomic E-state index is 0.0636. The van der Waals surface area contributed by atoms with E-state index in [2.05, 4.69) is 20.7 Å². The third kappa shape index (κ3) is 3.43. The van der Waals surface area contributed by atoms with Gasteiger partial charge in [-0.3, -0.25) is 0 Å². The second-order valence-corrected chi connectivity index (χ2v) is 6.06. The van der Waals surface area contributed by atoms with Gasteiger partial charge in [-0.1, -0.05) is 17.7 Å². The largest absolute Gasteiger partial charge is 0.330 e. The van der Waals surface area contributed by atoms with Crippen molar-refractivity contribution in [3.63, 3.8) is 0 Å². The Balaban J connectivity index is 2.98. The van der Waals surface area contributed by atoms with Crippen molar-refractivity contribution in [2.24, 2.45) is 5.73 Å². The van der Waals surface area contributed by atoms with E-state index in [0.29, 0.717) is 24.0 Å². The zero-order valence-electron chi connectivity index (χ0n) is 8.41. The number of benzene rings is 1. The quantitative estimate of drug-likeness (QED) is 0.809. The smallest absolute Gasteiger partial charge is 0.243 e. The molecule has 0 aliphatic carbocycles. The Bertz CT molecular complexity index is 444. The van der Waals surface area contributed by atoms with E-state index in [4.69, 9.17) is 17.3 Å². The van der Waals surface area contributed by atoms with Crippen molar-refractivity contribution in [2.45, 2.75) is 11.3 Å². The average Bonchev–Trinajstić information content (AvgIpc) is 2.17. The number of rotatable bonds is 5. The van der Waals surface area contributed by atoms with Gasteiger partial charge in [0.15, 0.2) is 0 Å². The molecule has 0 heterocycles. The van der Waals surface area contributed by atoms with E-state index >= 15 is 0 Å². The van der Waals surface area contributed by atoms with Gasteiger partial charge in [0.1, 0.15) is 4.90 Å². The summed E-state index contributed by atoms with van der Waals surface area (Å²) in [6, 6.07) is 4.83. The lowest BCUT2D eigenvalue weighted by molar-refractivity contribution is 0.579. The van der Waals surface area contributed by atoms with E-state index in [-0.39, 0.29) is 9.92 Å². The van der Waals surface area contributed by atoms with Crippen molar-refractivity contribution in [3.05, 3.63) is 27.7 Å². The molecule has 1 rings (SSSR count). The third-order valence-electron chi connectivity index (χ3n) is 1.86. The van der Waals surface area contributed by atoms with Crippen LogP contribution in [0.4, 0.5) is 0 Å². The molecule has 3 N–H and O–H groups in total. The molecule has 0 aromatic heterocycles. The van der Waals surface area contributed by atoms with E-state index in [0.717, 1.165) is 0 Å². The summed E-state index contributed by atoms with van der Waals surface area (Å²) in [7, 11) is -3.58. The Morgan fingerprint density at radius 3 is 2.69 bits per heavy atom. The molecule has 0 saturated heterocycles. The van der Waals surface area contributed by atoms with Crippen LogP contribution in [-0.2, 0) is 10.0 Å². The zero-order chi connectivity index (χ0) is 12.2. The van der Waals surface area contributed by atoms with Crippen LogP contribution in [0.3, 0.4) is 0 Å². The first-order chi connectivity index (χ1) is 7.49. The van der Waals surface area contributed by atoms with Gasteiger partial charge >= 0.3 is 0 Å². The van der Waals surface area contributed by atoms with Gasteiger partial charge < -0.3 is 5.73 Å². The van der Waals surface area contributed by atoms with Crippen LogP contribution < -0.4 is 10.5 Å². The van der Waals surface area contributed by atoms with Crippen molar-refractivity contribution in [1.29, 1.82) is 0 Å². The Kier molecular flexibility index (Phi) is 5.20. The first-order valence-electron chi connectivity index (χ1n) is 4.63. The van der Waals surface area contributed by atoms with E-state index in [1.807, 2.05) is 0 Å². The summed E-state index contributed by atoms with van der Waals surface area (Å²) >= 11 is 9.02. The molecular formula is C9H12BrClN2O2S. The topological polar surface area (TPSA) is 72.2 Å². The average molecular weight is 328 g/mol. The second-order valence-electron chi connectivity index (χ2n) is 3.09. The fraction of sp³-hybridized carbons (Fsp3) is 0.333. The van der Waals surface area contributed by atoms with Crippen LogP contribution in [0.2, 0.25) is 5.02 Å². The molecule has 1 aromatic carbocycles. The number of hydrogen-bond donors (Lipinski definition) is 2. The van der Waals surface area contributed by atoms with Gasteiger partial charge in [-0.25, -0.2) is 13.1 Å². The molecule has 4 nitrogen and oxygen atoms in total. The van der Waals surface area contributed by atoms with Gasteiger partial charge in [-0.15, -0.1) is 0 Å². The summed E-state index contributed by atoms with van der Waals surface area (Å²) in [5.41, 5.74) is 5.29. The van der Waals surface area contributed by atoms with E-state index in [1.54, 1.807) is 12.1 Å². The molecule has 0 atom stereocenters. The van der Waals surface area contributed by atoms with Crippen molar-refractivity contribution in [2.75, 3.05) is 13.1 Å². The Morgan fingerprint density at radius 1 is 1.44 bits per heavy atom. The van der Waals surface area contributed by atoms with Crippen LogP contribution >= 0.6 is 27.5 Å². The molecule has 0 aliphatic heterocycles. The van der Waals surface area contributed by atoms with Gasteiger partial charge in [0.25, 0.3) is 0 Å². The lowest BCUT2D eigenvalue weighted by Gasteiger charge is -2.09. The van der Waals surface area contributed by atoms with Crippen molar-refractivity contribution in [1.82, 2.24) is 4.72 Å². The highest BCUT2D eigenvalue weighted by Gasteiger charge is 2.20. The number of nitrogens with one attached hydrogen (secondary N) is 1. The molecule has 7 heteroatoms. The minimum Gasteiger partial charge on any atom is -0.330 e. The maximum atomic E-state index is 11.9. The van der Waals surface area contributed by atoms with Crippen molar-refractivity contribution >= 4 is 37.6 Å². The summed E-state index contributed by atoms with van der Waals surface area (Å²) in [5, 5.41) is 0.189. The molecule has 1 aromatic rings. The summed E-state index contributed by atoms with van der Waals surface area (Å²) in [6.07, 6.45) is 0.585. The Hall–Kier alpha value is -0.140. The van der Waals surface area contributed by atoms with Gasteiger partial charge in [-0.2, -0.15) is 0 Å². The predicted octanol–water partition coefficient (Wildman–Crippen LogP) is 1.73. The highest BCUT2D eigenvalue weighted by atomic mass is 79.9. The predicted molar refractivity (Wildman–Crippen MR) is 68.0 cm³/mol. The standard InChI is InChI=1S/C9H12BrClN2O2S/c10-7-3-1-4-8(11)9(7)16(14,15)13-6-2-5-12/h1,3-4,13H,2,5-6,12H2. The molecule has 0 bridgehead atoms. The molecule has 0 radical (unpaired) electrons. The minimum atomic E-state index is -3.58. The van der Waals surface area contributed by atoms with E-state index < -0.39 is 10.0 Å². The third-order valence-corrected chi connectivity index (χ3v) is 4.77. The van der Waals surface area contributed by atoms with Crippen LogP contribution in [0.5, 0.6) is 0 Å². The SMILES string of the molecule is NCCCNS(=O)(=O)c1c(Cl)cccc1Br. The van der Waals surface area contributed by atoms with Crippen LogP contribution in [0, 0.1) is 0 Å². The maximum absolute atomic E-state index is 11.9. The van der Waals surface area contributed by atoms with Crippen LogP contribution in [-0.4, -0.2) is 21.5 Å². The van der Waals surface area contributed by atoms with E-state index in [1.165, 1.54) is 6.07 Å². The Labute approximate surface area is 108 Å². The Morgan fingerprint density at radius 2 is 2.12 bits per heavy atom. The monoisotopic (exact) mass is 326 g/mol. The van der Waals surface area contributed by atoms with Crippen LogP contribution in [0.25, 0.3) is 0 Å². The summed E-state index contributed by atoms with van der Waals surface area (Å²) in [4.78, 5) is 0.0636. The van der Waals surface area contributed by atoms with Crippen LogP contribution in [0.15, 0.2) is 27.6 Å². The zero-order valence-corrected chi connectivity index (χ0v) is 11.6. The fourth-order valence-corrected chi connectivity index (χ4v) is 3.93. The lowest BCUT2D eigenvalue weighted by Crippen LogP contribution is -2.26. The van der Waals surface area contributed by atoms with Gasteiger partial charge in [-0.05, 0) is 41.0 Å². The highest BCUT2D eigenvalue weighted by molar-refractivity contribution is 9.10. The molecule has 16 heavy (non-hydrogen) atoms. The first-order valence-corrected chi connectivity index (χ1v) is 7.28. The molecule has 0 unspecified atom stereocenters. The fourth-order valence-electron chi connectivity index (χ4n) is 1.12. The maximum Gasteiger partial charge on any atom is 0.243 e. The number of sulfonamides is 1. The molecule has 0 aliphatic rings. The molecule has 0 fully saturated rings. The number of nitrogens with two attached hydrogens (primary N) is 1. The van der Waals surface area contributed by atoms with Crippen molar-refractivity contribution in [3.8, 4) is 0 Å². The molecule has 90 valence electrons. The summed E-state index contributed by atoms with van der Waals surface area (Å²) in [6.45, 7) is 0.739. The van der Waals surface area contributed by atoms with Crippen molar-refractivity contribution < 1.29 is 8.42 Å². The normalized spacial score (nSPS) is 11.7. The highest BCUT2D eigenvalue weighted by Crippen LogP contribution is 2.28. The summed E-state index contributed by atoms with van der Waals surface area (Å²) < 4.78 is 26.6. The van der Waals surface area contributed by atoms with Gasteiger partial charge in [0.05, 0.1) is 5.02 Å². The number of hydrogen-bond acceptors (Lipinski definition) is 3. The van der Waals surface area contributed by atoms with Gasteiger partial charge in [0, 0.05) is 11.0 Å². The summed E-state index contributed by atoms with van der Waals surface area (Å²) in [5.74, 6) is 0. The number of halogens is 2. The molecular weight excluding hydrogens is 316 g/mol. The lowest BCUT2D eigenvalue weighted by atomic mass is 10.4. The van der Waals surface area contributed by atoms with E-state index in [9.17, 15) is 8.42 Å². The van der Waals surface area contributed by atoms with Crippen LogP contribution in [0.1, 0.15) is 6.42 Å². The molecule has 0 amide bonds. The molecule has 0 spiro atoms. The first kappa shape index (κ1) is 13.9. The molecule has 0 saturated carbocycles. The second kappa shape index (κ2) is 5.97. The van der Waals surface area contributed by atoms with Gasteiger partial charge in [0.2, 0.25) is 10.0 Å².